The molecule has 10 atom stereocenters. The van der Waals surface area contributed by atoms with Crippen molar-refractivity contribution in [3.63, 3.8) is 0 Å². The van der Waals surface area contributed by atoms with Crippen LogP contribution in [0.25, 0.3) is 22.3 Å². The fraction of sp³-hybridized carbons (Fsp3) is 0.448. The van der Waals surface area contributed by atoms with Gasteiger partial charge in [-0.05, 0) is 6.92 Å². The van der Waals surface area contributed by atoms with Crippen LogP contribution in [0.4, 0.5) is 0 Å². The topological polar surface area (TPSA) is 277 Å². The fourth-order valence-corrected chi connectivity index (χ4v) is 5.16. The molecule has 3 aromatic rings. The van der Waals surface area contributed by atoms with Crippen molar-refractivity contribution in [1.82, 2.24) is 0 Å². The zero-order chi connectivity index (χ0) is 33.6. The first-order valence-corrected chi connectivity index (χ1v) is 13.9. The smallest absolute Gasteiger partial charge is 0.402 e. The Bertz CT molecular complexity index is 1570. The highest BCUT2D eigenvalue weighted by Gasteiger charge is 2.47. The molecule has 17 nitrogen and oxygen atoms in total. The molecule has 1 aromatic heterocycles. The largest absolute Gasteiger partial charge is 0.507 e. The molecule has 0 saturated carbocycles. The van der Waals surface area contributed by atoms with E-state index < -0.39 is 97.0 Å². The van der Waals surface area contributed by atoms with Crippen molar-refractivity contribution in [3.8, 4) is 45.8 Å². The van der Waals surface area contributed by atoms with E-state index in [4.69, 9.17) is 28.1 Å². The SMILES string of the molecule is CC(=O)O[C@@H]1[C@@H](O)[C@@H](O)[C@H](Oc2cc(O)cc3[o+]c(-c4cc(O)c(O)c(O)c4)c(O[C@@H]4O[C@H](CO)[C@@H](O)[C@H](O)[C@H]4O)cc23)O[C@H]1C. The first-order chi connectivity index (χ1) is 21.7. The van der Waals surface area contributed by atoms with Gasteiger partial charge in [0.05, 0.1) is 24.3 Å². The molecular weight excluding hydrogens is 620 g/mol. The number of aliphatic hydroxyl groups excluding tert-OH is 6. The van der Waals surface area contributed by atoms with Gasteiger partial charge in [0.25, 0.3) is 0 Å². The number of rotatable bonds is 7. The lowest BCUT2D eigenvalue weighted by atomic mass is 9.99. The Labute approximate surface area is 259 Å². The Balaban J connectivity index is 1.60. The Hall–Kier alpha value is -4.20. The molecule has 0 bridgehead atoms. The maximum atomic E-state index is 11.5. The molecule has 0 spiro atoms. The number of benzene rings is 2. The van der Waals surface area contributed by atoms with Crippen molar-refractivity contribution in [3.05, 3.63) is 30.3 Å². The molecule has 5 rings (SSSR count). The zero-order valence-electron chi connectivity index (χ0n) is 24.2. The lowest BCUT2D eigenvalue weighted by molar-refractivity contribution is -0.277. The number of hydrogen-bond donors (Lipinski definition) is 10. The van der Waals surface area contributed by atoms with Gasteiger partial charge in [-0.3, -0.25) is 4.79 Å². The van der Waals surface area contributed by atoms with E-state index in [1.54, 1.807) is 0 Å². The number of phenolic OH excluding ortho intramolecular Hbond substituents is 4. The standard InChI is InChI=1S/C29H32O17/c1-9-26(42-10(2)31)23(38)25(40)28(41-9)44-17-6-12(32)5-16-13(17)7-18(27(43-16)11-3-14(33)20(35)15(34)4-11)45-29-24(39)22(37)21(36)19(8-30)46-29/h3-7,9,19,21-26,28-30,36-40H,8H2,1-2H3,(H3-,32,33,34,35)/p+1/t9-,19+,21+,22-,23-,24+,25+,26-,28-,29+/m0/s1. The van der Waals surface area contributed by atoms with Crippen molar-refractivity contribution in [1.29, 1.82) is 0 Å². The van der Waals surface area contributed by atoms with Crippen LogP contribution in [-0.4, -0.2) is 125 Å². The predicted octanol–water partition coefficient (Wildman–Crippen LogP) is -0.841. The van der Waals surface area contributed by atoms with Gasteiger partial charge in [0.1, 0.15) is 53.5 Å². The summed E-state index contributed by atoms with van der Waals surface area (Å²) in [5.41, 5.74) is -0.213. The van der Waals surface area contributed by atoms with Gasteiger partial charge < -0.3 is 74.7 Å². The molecule has 2 aliphatic heterocycles. The third-order valence-corrected chi connectivity index (χ3v) is 7.55. The fourth-order valence-electron chi connectivity index (χ4n) is 5.16. The first-order valence-electron chi connectivity index (χ1n) is 13.9. The number of aromatic hydroxyl groups is 4. The summed E-state index contributed by atoms with van der Waals surface area (Å²) in [4.78, 5) is 11.5. The van der Waals surface area contributed by atoms with E-state index >= 15 is 0 Å². The second-order valence-corrected chi connectivity index (χ2v) is 10.9. The number of esters is 1. The molecule has 17 heteroatoms. The number of hydrogen-bond acceptors (Lipinski definition) is 16. The highest BCUT2D eigenvalue weighted by Crippen LogP contribution is 2.45. The molecule has 2 aromatic carbocycles. The summed E-state index contributed by atoms with van der Waals surface area (Å²) in [6.45, 7) is 1.83. The summed E-state index contributed by atoms with van der Waals surface area (Å²) < 4.78 is 33.8. The van der Waals surface area contributed by atoms with Gasteiger partial charge in [-0.25, -0.2) is 4.42 Å². The Morgan fingerprint density at radius 2 is 1.41 bits per heavy atom. The normalized spacial score (nSPS) is 31.4. The van der Waals surface area contributed by atoms with E-state index in [-0.39, 0.29) is 33.8 Å². The van der Waals surface area contributed by atoms with Gasteiger partial charge in [0.2, 0.25) is 18.3 Å². The van der Waals surface area contributed by atoms with Gasteiger partial charge in [-0.2, -0.15) is 0 Å². The van der Waals surface area contributed by atoms with Crippen LogP contribution in [0.3, 0.4) is 0 Å². The van der Waals surface area contributed by atoms with Gasteiger partial charge in [0.15, 0.2) is 23.4 Å². The minimum Gasteiger partial charge on any atom is -0.507 e. The maximum absolute atomic E-state index is 11.5. The number of ether oxygens (including phenoxy) is 5. The minimum absolute atomic E-state index is 0.0217. The Morgan fingerprint density at radius 3 is 2.04 bits per heavy atom. The van der Waals surface area contributed by atoms with Crippen molar-refractivity contribution >= 4 is 16.9 Å². The molecule has 2 saturated heterocycles. The highest BCUT2D eigenvalue weighted by atomic mass is 16.7. The summed E-state index contributed by atoms with van der Waals surface area (Å²) in [7, 11) is 0. The number of carbonyl (C=O) groups is 1. The number of carbonyl (C=O) groups excluding carboxylic acids is 1. The molecule has 2 fully saturated rings. The van der Waals surface area contributed by atoms with Gasteiger partial charge >= 0.3 is 17.3 Å². The van der Waals surface area contributed by atoms with Gasteiger partial charge in [0, 0.05) is 31.2 Å². The summed E-state index contributed by atoms with van der Waals surface area (Å²) in [5.74, 6) is -4.28. The molecule has 2 aliphatic rings. The lowest BCUT2D eigenvalue weighted by Gasteiger charge is -2.40. The lowest BCUT2D eigenvalue weighted by Crippen LogP contribution is -2.60. The molecule has 0 radical (unpaired) electrons. The Morgan fingerprint density at radius 1 is 0.804 bits per heavy atom. The number of fused-ring (bicyclic) bond motifs is 1. The minimum atomic E-state index is -1.86. The molecule has 250 valence electrons. The second-order valence-electron chi connectivity index (χ2n) is 10.9. The molecular formula is C29H33O17+. The molecule has 0 amide bonds. The van der Waals surface area contributed by atoms with Crippen molar-refractivity contribution in [2.45, 2.75) is 75.3 Å². The molecule has 0 aliphatic carbocycles. The van der Waals surface area contributed by atoms with E-state index in [0.29, 0.717) is 0 Å². The first kappa shape index (κ1) is 33.2. The monoisotopic (exact) mass is 653 g/mol. The third-order valence-electron chi connectivity index (χ3n) is 7.55. The van der Waals surface area contributed by atoms with E-state index in [9.17, 15) is 55.9 Å². The van der Waals surface area contributed by atoms with Crippen LogP contribution in [0.1, 0.15) is 13.8 Å². The summed E-state index contributed by atoms with van der Waals surface area (Å²) in [5, 5.41) is 103. The maximum Gasteiger partial charge on any atom is 0.402 e. The molecule has 46 heavy (non-hydrogen) atoms. The quantitative estimate of drug-likeness (QED) is 0.0845. The number of phenols is 4. The molecule has 3 heterocycles. The van der Waals surface area contributed by atoms with Crippen LogP contribution in [0.5, 0.6) is 34.5 Å². The summed E-state index contributed by atoms with van der Waals surface area (Å²) in [6.07, 6.45) is -15.6. The average Bonchev–Trinajstić information content (AvgIpc) is 3.00. The van der Waals surface area contributed by atoms with Crippen molar-refractivity contribution < 1.29 is 84.0 Å². The highest BCUT2D eigenvalue weighted by molar-refractivity contribution is 5.89. The van der Waals surface area contributed by atoms with Crippen molar-refractivity contribution in [2.24, 2.45) is 0 Å². The third kappa shape index (κ3) is 6.26. The zero-order valence-corrected chi connectivity index (χ0v) is 24.2. The van der Waals surface area contributed by atoms with E-state index in [1.807, 2.05) is 0 Å². The van der Waals surface area contributed by atoms with Crippen LogP contribution in [-0.2, 0) is 19.0 Å². The van der Waals surface area contributed by atoms with Crippen molar-refractivity contribution in [2.75, 3.05) is 6.61 Å². The second kappa shape index (κ2) is 12.9. The average molecular weight is 654 g/mol. The van der Waals surface area contributed by atoms with Crippen LogP contribution >= 0.6 is 0 Å². The van der Waals surface area contributed by atoms with Gasteiger partial charge in [-0.1, -0.05) is 0 Å². The Kier molecular flexibility index (Phi) is 9.30. The van der Waals surface area contributed by atoms with Crippen LogP contribution < -0.4 is 9.47 Å². The summed E-state index contributed by atoms with van der Waals surface area (Å²) >= 11 is 0. The van der Waals surface area contributed by atoms with E-state index in [2.05, 4.69) is 0 Å². The molecule has 0 unspecified atom stereocenters. The summed E-state index contributed by atoms with van der Waals surface area (Å²) in [6, 6.07) is 5.49. The number of aliphatic hydroxyl groups is 6. The van der Waals surface area contributed by atoms with Crippen LogP contribution in [0.15, 0.2) is 34.7 Å². The van der Waals surface area contributed by atoms with Gasteiger partial charge in [-0.15, -0.1) is 0 Å². The van der Waals surface area contributed by atoms with E-state index in [1.165, 1.54) is 13.0 Å². The van der Waals surface area contributed by atoms with E-state index in [0.717, 1.165) is 31.2 Å². The molecule has 10 N–H and O–H groups in total. The van der Waals surface area contributed by atoms with Crippen LogP contribution in [0.2, 0.25) is 0 Å². The van der Waals surface area contributed by atoms with Crippen LogP contribution in [0, 0.1) is 0 Å². The predicted molar refractivity (Wildman–Crippen MR) is 150 cm³/mol.